The zero-order valence-electron chi connectivity index (χ0n) is 14.6. The molecule has 0 aromatic heterocycles. The van der Waals surface area contributed by atoms with Crippen molar-refractivity contribution in [2.45, 2.75) is 45.3 Å². The van der Waals surface area contributed by atoms with Gasteiger partial charge in [0.15, 0.2) is 0 Å². The van der Waals surface area contributed by atoms with Crippen LogP contribution >= 0.6 is 0 Å². The molecule has 2 aromatic carbocycles. The van der Waals surface area contributed by atoms with Crippen molar-refractivity contribution in [1.29, 1.82) is 0 Å². The van der Waals surface area contributed by atoms with E-state index in [4.69, 9.17) is 4.74 Å². The van der Waals surface area contributed by atoms with E-state index in [-0.39, 0.29) is 6.10 Å². The summed E-state index contributed by atoms with van der Waals surface area (Å²) in [6.45, 7) is 6.47. The van der Waals surface area contributed by atoms with Gasteiger partial charge in [-0.3, -0.25) is 0 Å². The molecule has 2 unspecified atom stereocenters. The van der Waals surface area contributed by atoms with Crippen LogP contribution in [0.3, 0.4) is 0 Å². The lowest BCUT2D eigenvalue weighted by Gasteiger charge is -2.36. The van der Waals surface area contributed by atoms with Crippen molar-refractivity contribution in [2.75, 3.05) is 23.3 Å². The first-order valence-electron chi connectivity index (χ1n) is 9.09. The fraction of sp³-hybridized carbons (Fsp3) is 0.429. The highest BCUT2D eigenvalue weighted by Crippen LogP contribution is 2.32. The van der Waals surface area contributed by atoms with E-state index in [2.05, 4.69) is 66.5 Å². The third-order valence-corrected chi connectivity index (χ3v) is 5.16. The van der Waals surface area contributed by atoms with Crippen molar-refractivity contribution in [3.8, 4) is 5.75 Å². The molecule has 4 rings (SSSR count). The van der Waals surface area contributed by atoms with Crippen molar-refractivity contribution in [1.82, 2.24) is 0 Å². The van der Waals surface area contributed by atoms with Crippen LogP contribution in [0.2, 0.25) is 0 Å². The number of rotatable bonds is 3. The van der Waals surface area contributed by atoms with Crippen molar-refractivity contribution < 1.29 is 4.74 Å². The summed E-state index contributed by atoms with van der Waals surface area (Å²) >= 11 is 0. The molecule has 3 nitrogen and oxygen atoms in total. The second kappa shape index (κ2) is 6.39. The number of nitrogens with zero attached hydrogens (tertiary/aromatic N) is 1. The number of anilines is 2. The van der Waals surface area contributed by atoms with Crippen LogP contribution in [0.15, 0.2) is 42.5 Å². The van der Waals surface area contributed by atoms with Crippen molar-refractivity contribution in [3.63, 3.8) is 0 Å². The minimum atomic E-state index is 0.243. The molecule has 2 aliphatic heterocycles. The number of hydrogen-bond acceptors (Lipinski definition) is 3. The molecule has 2 atom stereocenters. The molecule has 0 amide bonds. The zero-order valence-corrected chi connectivity index (χ0v) is 14.6. The quantitative estimate of drug-likeness (QED) is 0.913. The van der Waals surface area contributed by atoms with Gasteiger partial charge >= 0.3 is 0 Å². The van der Waals surface area contributed by atoms with E-state index >= 15 is 0 Å². The highest BCUT2D eigenvalue weighted by molar-refractivity contribution is 5.60. The maximum Gasteiger partial charge on any atom is 0.142 e. The molecule has 2 heterocycles. The van der Waals surface area contributed by atoms with Crippen LogP contribution in [-0.4, -0.2) is 25.2 Å². The lowest BCUT2D eigenvalue weighted by molar-refractivity contribution is 0.226. The molecule has 126 valence electrons. The Balaban J connectivity index is 1.52. The van der Waals surface area contributed by atoms with Crippen LogP contribution in [0.4, 0.5) is 11.4 Å². The molecule has 24 heavy (non-hydrogen) atoms. The van der Waals surface area contributed by atoms with E-state index in [0.717, 1.165) is 30.9 Å². The van der Waals surface area contributed by atoms with Crippen LogP contribution in [0, 0.1) is 0 Å². The minimum absolute atomic E-state index is 0.243. The molecule has 0 fully saturated rings. The van der Waals surface area contributed by atoms with E-state index in [0.29, 0.717) is 6.04 Å². The molecule has 3 heteroatoms. The van der Waals surface area contributed by atoms with E-state index in [1.165, 1.54) is 29.7 Å². The van der Waals surface area contributed by atoms with E-state index in [9.17, 15) is 0 Å². The zero-order chi connectivity index (χ0) is 16.5. The number of ether oxygens (including phenoxy) is 1. The first-order valence-corrected chi connectivity index (χ1v) is 9.09. The third-order valence-electron chi connectivity index (χ3n) is 5.16. The maximum absolute atomic E-state index is 5.88. The average molecular weight is 322 g/mol. The normalized spacial score (nSPS) is 20.4. The summed E-state index contributed by atoms with van der Waals surface area (Å²) in [5.41, 5.74) is 5.42. The third kappa shape index (κ3) is 2.95. The van der Waals surface area contributed by atoms with Gasteiger partial charge in [0, 0.05) is 18.3 Å². The van der Waals surface area contributed by atoms with Crippen molar-refractivity contribution in [2.24, 2.45) is 0 Å². The van der Waals surface area contributed by atoms with Gasteiger partial charge in [0.05, 0.1) is 12.2 Å². The number of fused-ring (bicyclic) bond motifs is 2. The van der Waals surface area contributed by atoms with Gasteiger partial charge < -0.3 is 15.0 Å². The summed E-state index contributed by atoms with van der Waals surface area (Å²) in [6, 6.07) is 15.9. The molecule has 0 spiro atoms. The lowest BCUT2D eigenvalue weighted by Crippen LogP contribution is -2.38. The molecule has 0 saturated heterocycles. The van der Waals surface area contributed by atoms with Crippen molar-refractivity contribution >= 4 is 11.4 Å². The molecule has 2 aliphatic rings. The molecular weight excluding hydrogens is 296 g/mol. The summed E-state index contributed by atoms with van der Waals surface area (Å²) in [4.78, 5) is 2.57. The predicted molar refractivity (Wildman–Crippen MR) is 100 cm³/mol. The minimum Gasteiger partial charge on any atom is -0.487 e. The Morgan fingerprint density at radius 2 is 2.12 bits per heavy atom. The number of para-hydroxylation sites is 1. The Morgan fingerprint density at radius 3 is 3.04 bits per heavy atom. The van der Waals surface area contributed by atoms with Crippen LogP contribution in [0.5, 0.6) is 5.75 Å². The van der Waals surface area contributed by atoms with Crippen molar-refractivity contribution in [3.05, 3.63) is 53.6 Å². The van der Waals surface area contributed by atoms with Gasteiger partial charge in [0.1, 0.15) is 11.9 Å². The van der Waals surface area contributed by atoms with Gasteiger partial charge in [-0.1, -0.05) is 24.3 Å². The molecule has 0 radical (unpaired) electrons. The van der Waals surface area contributed by atoms with Crippen LogP contribution in [0.1, 0.15) is 31.4 Å². The number of hydrogen-bond donors (Lipinski definition) is 1. The molecule has 2 aromatic rings. The largest absolute Gasteiger partial charge is 0.487 e. The Morgan fingerprint density at radius 1 is 1.25 bits per heavy atom. The smallest absolute Gasteiger partial charge is 0.142 e. The van der Waals surface area contributed by atoms with Gasteiger partial charge in [-0.25, -0.2) is 0 Å². The highest BCUT2D eigenvalue weighted by atomic mass is 16.5. The number of benzene rings is 2. The SMILES string of the molecule is CC1CNc2cc(CC(C)N3CCCc4ccccc43)ccc2O1. The van der Waals surface area contributed by atoms with Crippen LogP contribution in [0.25, 0.3) is 0 Å². The summed E-state index contributed by atoms with van der Waals surface area (Å²) in [7, 11) is 0. The second-order valence-corrected chi connectivity index (χ2v) is 7.12. The molecule has 1 N–H and O–H groups in total. The summed E-state index contributed by atoms with van der Waals surface area (Å²) in [5, 5.41) is 3.48. The Hall–Kier alpha value is -2.16. The monoisotopic (exact) mass is 322 g/mol. The predicted octanol–water partition coefficient (Wildman–Crippen LogP) is 4.26. The van der Waals surface area contributed by atoms with Crippen LogP contribution < -0.4 is 15.0 Å². The van der Waals surface area contributed by atoms with E-state index in [1.807, 2.05) is 0 Å². The molecule has 0 aliphatic carbocycles. The fourth-order valence-corrected chi connectivity index (χ4v) is 3.93. The summed E-state index contributed by atoms with van der Waals surface area (Å²) < 4.78 is 5.88. The average Bonchev–Trinajstić information content (AvgIpc) is 2.61. The maximum atomic E-state index is 5.88. The highest BCUT2D eigenvalue weighted by Gasteiger charge is 2.22. The fourth-order valence-electron chi connectivity index (χ4n) is 3.93. The van der Waals surface area contributed by atoms with E-state index in [1.54, 1.807) is 0 Å². The van der Waals surface area contributed by atoms with Gasteiger partial charge in [-0.05, 0) is 62.4 Å². The molecule has 0 saturated carbocycles. The standard InChI is InChI=1S/C21H26N2O/c1-15(23-11-5-7-18-6-3-4-8-20(18)23)12-17-9-10-21-19(13-17)22-14-16(2)24-21/h3-4,6,8-10,13,15-16,22H,5,7,11-12,14H2,1-2H3. The Kier molecular flexibility index (Phi) is 4.09. The summed E-state index contributed by atoms with van der Waals surface area (Å²) in [6.07, 6.45) is 3.75. The second-order valence-electron chi connectivity index (χ2n) is 7.12. The molecule has 0 bridgehead atoms. The topological polar surface area (TPSA) is 24.5 Å². The van der Waals surface area contributed by atoms with E-state index < -0.39 is 0 Å². The van der Waals surface area contributed by atoms with Gasteiger partial charge in [-0.2, -0.15) is 0 Å². The Labute approximate surface area is 144 Å². The lowest BCUT2D eigenvalue weighted by atomic mass is 9.97. The van der Waals surface area contributed by atoms with Crippen LogP contribution in [-0.2, 0) is 12.8 Å². The number of nitrogens with one attached hydrogen (secondary N) is 1. The first kappa shape index (κ1) is 15.4. The Bertz CT molecular complexity index is 728. The van der Waals surface area contributed by atoms with Gasteiger partial charge in [-0.15, -0.1) is 0 Å². The number of aryl methyl sites for hydroxylation is 1. The first-order chi connectivity index (χ1) is 11.7. The van der Waals surface area contributed by atoms with Gasteiger partial charge in [0.2, 0.25) is 0 Å². The molecular formula is C21H26N2O. The summed E-state index contributed by atoms with van der Waals surface area (Å²) in [5.74, 6) is 0.980. The van der Waals surface area contributed by atoms with Gasteiger partial charge in [0.25, 0.3) is 0 Å².